The second-order valence-corrected chi connectivity index (χ2v) is 6.29. The Morgan fingerprint density at radius 3 is 2.69 bits per heavy atom. The number of anilines is 1. The van der Waals surface area contributed by atoms with Gasteiger partial charge in [-0.05, 0) is 45.8 Å². The van der Waals surface area contributed by atoms with Crippen LogP contribution in [0.3, 0.4) is 0 Å². The van der Waals surface area contributed by atoms with Gasteiger partial charge in [0, 0.05) is 25.3 Å². The van der Waals surface area contributed by atoms with Gasteiger partial charge >= 0.3 is 0 Å². The number of nitrogens with zero attached hydrogens (tertiary/aromatic N) is 1. The van der Waals surface area contributed by atoms with Gasteiger partial charge in [0.25, 0.3) is 0 Å². The minimum absolute atomic E-state index is 0.243. The number of hydrogen-bond acceptors (Lipinski definition) is 5. The third-order valence-electron chi connectivity index (χ3n) is 3.82. The van der Waals surface area contributed by atoms with E-state index < -0.39 is 0 Å². The summed E-state index contributed by atoms with van der Waals surface area (Å²) in [5, 5.41) is 6.50. The van der Waals surface area contributed by atoms with Crippen molar-refractivity contribution in [2.24, 2.45) is 4.99 Å². The fourth-order valence-electron chi connectivity index (χ4n) is 2.54. The molecule has 7 nitrogen and oxygen atoms in total. The van der Waals surface area contributed by atoms with Crippen LogP contribution in [0.5, 0.6) is 23.0 Å². The van der Waals surface area contributed by atoms with Gasteiger partial charge in [-0.2, -0.15) is 0 Å². The van der Waals surface area contributed by atoms with E-state index >= 15 is 0 Å². The zero-order valence-corrected chi connectivity index (χ0v) is 16.3. The van der Waals surface area contributed by atoms with Gasteiger partial charge in [-0.3, -0.25) is 4.99 Å². The van der Waals surface area contributed by atoms with Crippen LogP contribution in [-0.4, -0.2) is 34.0 Å². The van der Waals surface area contributed by atoms with Crippen molar-refractivity contribution < 1.29 is 18.9 Å². The number of ether oxygens (including phenoxy) is 4. The van der Waals surface area contributed by atoms with Crippen LogP contribution >= 0.6 is 15.9 Å². The minimum Gasteiger partial charge on any atom is -0.493 e. The smallest absolute Gasteiger partial charge is 0.231 e. The van der Waals surface area contributed by atoms with Gasteiger partial charge in [0.2, 0.25) is 6.79 Å². The zero-order valence-electron chi connectivity index (χ0n) is 14.8. The highest BCUT2D eigenvalue weighted by Crippen LogP contribution is 2.40. The van der Waals surface area contributed by atoms with E-state index in [1.165, 1.54) is 0 Å². The standard InChI is InChI=1S/C18H20BrN3O4/c1-20-18(22-12-4-5-14(23-2)15(8-12)24-3)21-9-11-6-13(19)17-16(7-11)25-10-26-17/h4-8H,9-10H2,1-3H3,(H2,20,21,22). The van der Waals surface area contributed by atoms with Crippen LogP contribution < -0.4 is 29.6 Å². The largest absolute Gasteiger partial charge is 0.493 e. The van der Waals surface area contributed by atoms with Crippen molar-refractivity contribution in [3.63, 3.8) is 0 Å². The van der Waals surface area contributed by atoms with Crippen molar-refractivity contribution >= 4 is 27.6 Å². The number of halogens is 1. The number of guanidine groups is 1. The monoisotopic (exact) mass is 421 g/mol. The average molecular weight is 422 g/mol. The van der Waals surface area contributed by atoms with Crippen LogP contribution in [0.25, 0.3) is 0 Å². The van der Waals surface area contributed by atoms with E-state index in [-0.39, 0.29) is 6.79 Å². The molecule has 2 N–H and O–H groups in total. The molecule has 0 amide bonds. The Kier molecular flexibility index (Phi) is 5.72. The molecule has 2 aromatic carbocycles. The van der Waals surface area contributed by atoms with E-state index in [2.05, 4.69) is 31.6 Å². The van der Waals surface area contributed by atoms with Gasteiger partial charge in [-0.1, -0.05) is 0 Å². The number of hydrogen-bond donors (Lipinski definition) is 2. The summed E-state index contributed by atoms with van der Waals surface area (Å²) < 4.78 is 22.3. The highest BCUT2D eigenvalue weighted by Gasteiger charge is 2.18. The predicted molar refractivity (Wildman–Crippen MR) is 104 cm³/mol. The fraction of sp³-hybridized carbons (Fsp3) is 0.278. The molecule has 1 heterocycles. The van der Waals surface area contributed by atoms with Gasteiger partial charge in [0.1, 0.15) is 0 Å². The summed E-state index contributed by atoms with van der Waals surface area (Å²) in [6, 6.07) is 9.52. The topological polar surface area (TPSA) is 73.3 Å². The van der Waals surface area contributed by atoms with E-state index in [0.29, 0.717) is 24.0 Å². The van der Waals surface area contributed by atoms with Gasteiger partial charge in [0.15, 0.2) is 29.0 Å². The Labute approximate surface area is 160 Å². The fourth-order valence-corrected chi connectivity index (χ4v) is 3.14. The molecule has 0 bridgehead atoms. The molecule has 0 saturated carbocycles. The van der Waals surface area contributed by atoms with Crippen LogP contribution in [0.4, 0.5) is 5.69 Å². The van der Waals surface area contributed by atoms with Crippen molar-refractivity contribution in [3.8, 4) is 23.0 Å². The second kappa shape index (κ2) is 8.18. The SMILES string of the molecule is CN=C(NCc1cc(Br)c2c(c1)OCO2)Nc1ccc(OC)c(OC)c1. The lowest BCUT2D eigenvalue weighted by Crippen LogP contribution is -2.30. The molecule has 0 aliphatic carbocycles. The number of methoxy groups -OCH3 is 2. The number of benzene rings is 2. The van der Waals surface area contributed by atoms with Gasteiger partial charge < -0.3 is 29.6 Å². The molecule has 0 spiro atoms. The molecule has 0 atom stereocenters. The summed E-state index contributed by atoms with van der Waals surface area (Å²) in [4.78, 5) is 4.25. The quantitative estimate of drug-likeness (QED) is 0.569. The van der Waals surface area contributed by atoms with Crippen molar-refractivity contribution in [2.75, 3.05) is 33.4 Å². The Bertz CT molecular complexity index is 826. The van der Waals surface area contributed by atoms with Crippen molar-refractivity contribution in [1.29, 1.82) is 0 Å². The molecule has 0 radical (unpaired) electrons. The molecule has 1 aliphatic rings. The van der Waals surface area contributed by atoms with E-state index in [0.717, 1.165) is 27.2 Å². The maximum atomic E-state index is 5.44. The first kappa shape index (κ1) is 18.2. The van der Waals surface area contributed by atoms with Gasteiger partial charge in [0.05, 0.1) is 18.7 Å². The van der Waals surface area contributed by atoms with Crippen LogP contribution in [0, 0.1) is 0 Å². The highest BCUT2D eigenvalue weighted by atomic mass is 79.9. The normalized spacial score (nSPS) is 12.7. The van der Waals surface area contributed by atoms with E-state index in [4.69, 9.17) is 18.9 Å². The van der Waals surface area contributed by atoms with Gasteiger partial charge in [-0.15, -0.1) is 0 Å². The molecule has 3 rings (SSSR count). The number of fused-ring (bicyclic) bond motifs is 1. The van der Waals surface area contributed by atoms with Crippen LogP contribution in [0.15, 0.2) is 39.8 Å². The molecular weight excluding hydrogens is 402 g/mol. The molecule has 0 unspecified atom stereocenters. The van der Waals surface area contributed by atoms with Crippen LogP contribution in [0.2, 0.25) is 0 Å². The Morgan fingerprint density at radius 2 is 1.96 bits per heavy atom. The molecule has 1 aliphatic heterocycles. The summed E-state index contributed by atoms with van der Waals surface area (Å²) in [5.74, 6) is 3.42. The highest BCUT2D eigenvalue weighted by molar-refractivity contribution is 9.10. The lowest BCUT2D eigenvalue weighted by molar-refractivity contribution is 0.173. The number of aliphatic imine (C=N–C) groups is 1. The van der Waals surface area contributed by atoms with E-state index in [1.54, 1.807) is 21.3 Å². The third kappa shape index (κ3) is 3.96. The van der Waals surface area contributed by atoms with Crippen molar-refractivity contribution in [3.05, 3.63) is 40.4 Å². The summed E-state index contributed by atoms with van der Waals surface area (Å²) >= 11 is 3.50. The first-order valence-electron chi connectivity index (χ1n) is 7.92. The molecule has 0 aromatic heterocycles. The minimum atomic E-state index is 0.243. The summed E-state index contributed by atoms with van der Waals surface area (Å²) in [5.41, 5.74) is 1.87. The summed E-state index contributed by atoms with van der Waals surface area (Å²) in [6.07, 6.45) is 0. The van der Waals surface area contributed by atoms with Crippen molar-refractivity contribution in [2.45, 2.75) is 6.54 Å². The lowest BCUT2D eigenvalue weighted by atomic mass is 10.2. The molecule has 8 heteroatoms. The number of nitrogens with one attached hydrogen (secondary N) is 2. The Balaban J connectivity index is 1.66. The molecule has 0 saturated heterocycles. The Hall–Kier alpha value is -2.61. The summed E-state index contributed by atoms with van der Waals surface area (Å²) in [7, 11) is 4.92. The van der Waals surface area contributed by atoms with Crippen LogP contribution in [0.1, 0.15) is 5.56 Å². The first-order chi connectivity index (χ1) is 12.6. The van der Waals surface area contributed by atoms with E-state index in [9.17, 15) is 0 Å². The maximum absolute atomic E-state index is 5.44. The Morgan fingerprint density at radius 1 is 1.15 bits per heavy atom. The molecular formula is C18H20BrN3O4. The molecule has 138 valence electrons. The zero-order chi connectivity index (χ0) is 18.5. The first-order valence-corrected chi connectivity index (χ1v) is 8.71. The van der Waals surface area contributed by atoms with Crippen LogP contribution in [-0.2, 0) is 6.54 Å². The van der Waals surface area contributed by atoms with Gasteiger partial charge in [-0.25, -0.2) is 0 Å². The third-order valence-corrected chi connectivity index (χ3v) is 4.41. The maximum Gasteiger partial charge on any atom is 0.231 e. The van der Waals surface area contributed by atoms with E-state index in [1.807, 2.05) is 30.3 Å². The summed E-state index contributed by atoms with van der Waals surface area (Å²) in [6.45, 7) is 0.815. The predicted octanol–water partition coefficient (Wildman–Crippen LogP) is 3.38. The molecule has 0 fully saturated rings. The second-order valence-electron chi connectivity index (χ2n) is 5.43. The average Bonchev–Trinajstić information content (AvgIpc) is 3.14. The van der Waals surface area contributed by atoms with Crippen molar-refractivity contribution in [1.82, 2.24) is 5.32 Å². The molecule has 2 aromatic rings. The lowest BCUT2D eigenvalue weighted by Gasteiger charge is -2.14. The molecule has 26 heavy (non-hydrogen) atoms. The number of rotatable bonds is 5.